The molecule has 1 aromatic carbocycles. The van der Waals surface area contributed by atoms with Crippen molar-refractivity contribution in [1.29, 1.82) is 0 Å². The summed E-state index contributed by atoms with van der Waals surface area (Å²) in [5.74, 6) is 0.473. The van der Waals surface area contributed by atoms with E-state index in [4.69, 9.17) is 4.74 Å². The fraction of sp³-hybridized carbons (Fsp3) is 0.690. The third-order valence-electron chi connectivity index (χ3n) is 4.76. The number of phenolic OH excluding ortho intramolecular Hbond substituents is 1. The summed E-state index contributed by atoms with van der Waals surface area (Å²) in [5, 5.41) is 9.64. The summed E-state index contributed by atoms with van der Waals surface area (Å²) in [7, 11) is 0. The van der Waals surface area contributed by atoms with Gasteiger partial charge in [-0.15, -0.1) is 0 Å². The summed E-state index contributed by atoms with van der Waals surface area (Å²) >= 11 is 0. The van der Waals surface area contributed by atoms with Crippen LogP contribution in [0.3, 0.4) is 0 Å². The number of allylic oxidation sites excluding steroid dienone is 2. The van der Waals surface area contributed by atoms with E-state index < -0.39 is 0 Å². The molecule has 0 unspecified atom stereocenters. The van der Waals surface area contributed by atoms with E-state index in [1.165, 1.54) is 84.0 Å². The van der Waals surface area contributed by atoms with Gasteiger partial charge < -0.3 is 9.84 Å². The molecule has 3 heteroatoms. The molecule has 0 aliphatic heterocycles. The Bertz CT molecular complexity index is 564. The number of aryl methyl sites for hydroxylation is 1. The summed E-state index contributed by atoms with van der Waals surface area (Å²) in [4.78, 5) is 11.2. The molecule has 0 aliphatic carbocycles. The summed E-state index contributed by atoms with van der Waals surface area (Å²) < 4.78 is 5.21. The summed E-state index contributed by atoms with van der Waals surface area (Å²) in [6.07, 6.45) is 21.9. The van der Waals surface area contributed by atoms with Crippen LogP contribution in [0.5, 0.6) is 11.5 Å². The van der Waals surface area contributed by atoms with Gasteiger partial charge in [0.25, 0.3) is 0 Å². The Balaban J connectivity index is 0. The van der Waals surface area contributed by atoms with E-state index >= 15 is 0 Å². The van der Waals surface area contributed by atoms with E-state index in [0.717, 1.165) is 18.4 Å². The first-order valence-corrected chi connectivity index (χ1v) is 13.2. The molecule has 3 nitrogen and oxygen atoms in total. The second-order valence-electron chi connectivity index (χ2n) is 8.07. The number of unbranched alkanes of at least 4 members (excludes halogenated alkanes) is 10. The lowest BCUT2D eigenvalue weighted by Crippen LogP contribution is -2.04. The minimum Gasteiger partial charge on any atom is -0.508 e. The first-order chi connectivity index (χ1) is 15.5. The Hall–Kier alpha value is -1.77. The predicted octanol–water partition coefficient (Wildman–Crippen LogP) is 9.56. The molecule has 0 heterocycles. The number of ether oxygens (including phenoxy) is 1. The molecule has 32 heavy (non-hydrogen) atoms. The average Bonchev–Trinajstić information content (AvgIpc) is 2.77. The average molecular weight is 449 g/mol. The van der Waals surface area contributed by atoms with Crippen molar-refractivity contribution in [2.45, 2.75) is 131 Å². The molecule has 186 valence electrons. The van der Waals surface area contributed by atoms with E-state index in [-0.39, 0.29) is 11.7 Å². The third-order valence-corrected chi connectivity index (χ3v) is 4.76. The van der Waals surface area contributed by atoms with E-state index in [9.17, 15) is 9.90 Å². The summed E-state index contributed by atoms with van der Waals surface area (Å²) in [6, 6.07) is 4.93. The van der Waals surface area contributed by atoms with E-state index in [0.29, 0.717) is 5.75 Å². The molecule has 0 aromatic heterocycles. The van der Waals surface area contributed by atoms with Crippen molar-refractivity contribution in [3.8, 4) is 11.5 Å². The maximum absolute atomic E-state index is 11.2. The lowest BCUT2D eigenvalue weighted by molar-refractivity contribution is -0.131. The fourth-order valence-electron chi connectivity index (χ4n) is 3.23. The Kier molecular flexibility index (Phi) is 25.8. The van der Waals surface area contributed by atoms with Gasteiger partial charge in [0, 0.05) is 6.92 Å². The van der Waals surface area contributed by atoms with Crippen molar-refractivity contribution >= 4 is 5.97 Å². The molecule has 0 bridgehead atoms. The second kappa shape index (κ2) is 25.5. The molecule has 1 N–H and O–H groups in total. The van der Waals surface area contributed by atoms with Crippen molar-refractivity contribution in [3.63, 3.8) is 0 Å². The van der Waals surface area contributed by atoms with Gasteiger partial charge in [0.2, 0.25) is 0 Å². The first-order valence-electron chi connectivity index (χ1n) is 13.2. The zero-order valence-electron chi connectivity index (χ0n) is 22.0. The van der Waals surface area contributed by atoms with Gasteiger partial charge in [-0.2, -0.15) is 0 Å². The molecular formula is C29H52O3. The van der Waals surface area contributed by atoms with Crippen molar-refractivity contribution < 1.29 is 14.6 Å². The standard InChI is InChI=1S/C24H38O3.C3H8.C2H6/c1-3-4-5-6-7-8-9-10-11-12-13-14-15-16-17-22-20-23(26)18-19-24(22)27-21(2)25;1-3-2;1-2/h7-8,18-20,26H,3-6,9-17H2,1-2H3;3H2,1-2H3;1-2H3/b8-7-;;. The SMILES string of the molecule is CC.CCC.CCCCC/C=C\CCCCCCCCCc1cc(O)ccc1OC(C)=O. The van der Waals surface area contributed by atoms with Crippen molar-refractivity contribution in [2.24, 2.45) is 0 Å². The van der Waals surface area contributed by atoms with Gasteiger partial charge in [-0.3, -0.25) is 4.79 Å². The number of hydrogen-bond acceptors (Lipinski definition) is 3. The van der Waals surface area contributed by atoms with Crippen LogP contribution < -0.4 is 4.74 Å². The van der Waals surface area contributed by atoms with Gasteiger partial charge >= 0.3 is 5.97 Å². The maximum Gasteiger partial charge on any atom is 0.308 e. The Labute approximate surface area is 199 Å². The first kappa shape index (κ1) is 32.4. The number of carbonyl (C=O) groups excluding carboxylic acids is 1. The van der Waals surface area contributed by atoms with Gasteiger partial charge in [-0.05, 0) is 62.3 Å². The number of aromatic hydroxyl groups is 1. The molecule has 0 radical (unpaired) electrons. The van der Waals surface area contributed by atoms with Crippen molar-refractivity contribution in [2.75, 3.05) is 0 Å². The normalized spacial score (nSPS) is 10.2. The van der Waals surface area contributed by atoms with E-state index in [2.05, 4.69) is 32.9 Å². The molecule has 1 rings (SSSR count). The smallest absolute Gasteiger partial charge is 0.308 e. The molecule has 0 fully saturated rings. The number of esters is 1. The minimum atomic E-state index is -0.322. The van der Waals surface area contributed by atoms with Gasteiger partial charge in [-0.25, -0.2) is 0 Å². The summed E-state index contributed by atoms with van der Waals surface area (Å²) in [6.45, 7) is 11.9. The van der Waals surface area contributed by atoms with Crippen molar-refractivity contribution in [1.82, 2.24) is 0 Å². The minimum absolute atomic E-state index is 0.223. The third kappa shape index (κ3) is 21.5. The van der Waals surface area contributed by atoms with Crippen LogP contribution in [-0.4, -0.2) is 11.1 Å². The number of rotatable bonds is 15. The number of carbonyl (C=O) groups is 1. The monoisotopic (exact) mass is 448 g/mol. The van der Waals surface area contributed by atoms with Gasteiger partial charge in [0.15, 0.2) is 0 Å². The lowest BCUT2D eigenvalue weighted by atomic mass is 10.0. The van der Waals surface area contributed by atoms with Gasteiger partial charge in [0.05, 0.1) is 0 Å². The molecule has 0 aliphatic rings. The molecular weight excluding hydrogens is 396 g/mol. The maximum atomic E-state index is 11.2. The second-order valence-corrected chi connectivity index (χ2v) is 8.07. The van der Waals surface area contributed by atoms with Crippen LogP contribution in [0.2, 0.25) is 0 Å². The lowest BCUT2D eigenvalue weighted by Gasteiger charge is -2.09. The van der Waals surface area contributed by atoms with Gasteiger partial charge in [-0.1, -0.05) is 98.1 Å². The number of phenols is 1. The predicted molar refractivity (Wildman–Crippen MR) is 141 cm³/mol. The van der Waals surface area contributed by atoms with E-state index in [1.807, 2.05) is 13.8 Å². The van der Waals surface area contributed by atoms with Crippen LogP contribution >= 0.6 is 0 Å². The van der Waals surface area contributed by atoms with Crippen LogP contribution in [0.15, 0.2) is 30.4 Å². The molecule has 1 aromatic rings. The highest BCUT2D eigenvalue weighted by Crippen LogP contribution is 2.25. The summed E-state index contributed by atoms with van der Waals surface area (Å²) in [5.41, 5.74) is 0.913. The topological polar surface area (TPSA) is 46.5 Å². The highest BCUT2D eigenvalue weighted by atomic mass is 16.5. The fourth-order valence-corrected chi connectivity index (χ4v) is 3.23. The molecule has 0 saturated heterocycles. The Morgan fingerprint density at radius 2 is 1.34 bits per heavy atom. The molecule has 0 spiro atoms. The van der Waals surface area contributed by atoms with Crippen LogP contribution in [0.1, 0.15) is 131 Å². The van der Waals surface area contributed by atoms with Crippen LogP contribution in [0, 0.1) is 0 Å². The molecule has 0 atom stereocenters. The Morgan fingerprint density at radius 3 is 1.88 bits per heavy atom. The highest BCUT2D eigenvalue weighted by molar-refractivity contribution is 5.70. The van der Waals surface area contributed by atoms with Crippen molar-refractivity contribution in [3.05, 3.63) is 35.9 Å². The zero-order valence-corrected chi connectivity index (χ0v) is 22.0. The number of hydrogen-bond donors (Lipinski definition) is 1. The van der Waals surface area contributed by atoms with Crippen LogP contribution in [-0.2, 0) is 11.2 Å². The number of benzene rings is 1. The molecule has 0 amide bonds. The van der Waals surface area contributed by atoms with Gasteiger partial charge in [0.1, 0.15) is 11.5 Å². The quantitative estimate of drug-likeness (QED) is 0.126. The van der Waals surface area contributed by atoms with Crippen LogP contribution in [0.25, 0.3) is 0 Å². The molecule has 0 saturated carbocycles. The highest BCUT2D eigenvalue weighted by Gasteiger charge is 2.07. The zero-order chi connectivity index (χ0) is 24.5. The van der Waals surface area contributed by atoms with Crippen LogP contribution in [0.4, 0.5) is 0 Å². The van der Waals surface area contributed by atoms with E-state index in [1.54, 1.807) is 18.2 Å². The Morgan fingerprint density at radius 1 is 0.844 bits per heavy atom. The largest absolute Gasteiger partial charge is 0.508 e.